The van der Waals surface area contributed by atoms with Gasteiger partial charge in [-0.15, -0.1) is 0 Å². The zero-order valence-corrected chi connectivity index (χ0v) is 16.4. The number of aliphatic hydroxyl groups excluding tert-OH is 1. The fourth-order valence-electron chi connectivity index (χ4n) is 2.97. The molecule has 3 aromatic heterocycles. The van der Waals surface area contributed by atoms with Crippen LogP contribution in [0.1, 0.15) is 10.4 Å². The van der Waals surface area contributed by atoms with E-state index in [0.29, 0.717) is 5.65 Å². The minimum atomic E-state index is -0.934. The minimum absolute atomic E-state index is 0.0625. The van der Waals surface area contributed by atoms with Crippen LogP contribution >= 0.6 is 0 Å². The Bertz CT molecular complexity index is 1160. The van der Waals surface area contributed by atoms with Crippen molar-refractivity contribution in [2.75, 3.05) is 20.4 Å². The Morgan fingerprint density at radius 2 is 2.00 bits per heavy atom. The van der Waals surface area contributed by atoms with E-state index in [1.54, 1.807) is 24.5 Å². The molecule has 0 unspecified atom stereocenters. The molecule has 156 valence electrons. The number of nitrogens with one attached hydrogen (secondary N) is 2. The van der Waals surface area contributed by atoms with Gasteiger partial charge in [-0.25, -0.2) is 9.78 Å². The van der Waals surface area contributed by atoms with Crippen LogP contribution in [-0.2, 0) is 16.6 Å². The first-order valence-electron chi connectivity index (χ1n) is 8.95. The van der Waals surface area contributed by atoms with Crippen LogP contribution in [0.4, 0.5) is 0 Å². The number of benzene rings is 1. The molecule has 0 aliphatic rings. The molecule has 3 heterocycles. The fraction of sp³-hybridized carbons (Fsp3) is 0.200. The summed E-state index contributed by atoms with van der Waals surface area (Å²) in [6, 6.07) is 7.05. The molecule has 4 rings (SSSR count). The number of aromatic amines is 1. The lowest BCUT2D eigenvalue weighted by atomic mass is 10.1. The predicted octanol–water partition coefficient (Wildman–Crippen LogP) is 1.51. The monoisotopic (exact) mass is 411 g/mol. The van der Waals surface area contributed by atoms with Gasteiger partial charge in [0.05, 0.1) is 31.6 Å². The third-order valence-electron chi connectivity index (χ3n) is 4.40. The molecule has 0 saturated heterocycles. The van der Waals surface area contributed by atoms with Gasteiger partial charge in [-0.3, -0.25) is 15.1 Å². The number of ether oxygens (including phenoxy) is 1. The number of carbonyl (C=O) groups excluding carboxylic acids is 1. The molecule has 1 aromatic carbocycles. The molecule has 0 aliphatic carbocycles. The molecule has 0 fully saturated rings. The number of hydrogen-bond donors (Lipinski definition) is 4. The standard InChI is InChI=1S/C16H12N4O2.C4H9NO3/c1-20-8-11(10-6-9(16(21)22)2-3-14(10)20)12-7-13-15(19-12)18-5-4-17-13;1-8-4(7)2-5-3-6/h2-8H,1H3,(H,18,19)(H,21,22);5-6H,2-3H2,1H3. The van der Waals surface area contributed by atoms with E-state index < -0.39 is 5.97 Å². The lowest BCUT2D eigenvalue weighted by Gasteiger charge is -1.99. The molecule has 0 amide bonds. The lowest BCUT2D eigenvalue weighted by Crippen LogP contribution is -2.24. The van der Waals surface area contributed by atoms with Crippen LogP contribution in [0, 0.1) is 0 Å². The molecule has 4 N–H and O–H groups in total. The van der Waals surface area contributed by atoms with Crippen molar-refractivity contribution in [3.63, 3.8) is 0 Å². The molecular formula is C20H21N5O5. The van der Waals surface area contributed by atoms with Crippen molar-refractivity contribution in [2.24, 2.45) is 7.05 Å². The minimum Gasteiger partial charge on any atom is -0.478 e. The molecule has 0 aliphatic heterocycles. The topological polar surface area (TPSA) is 142 Å². The van der Waals surface area contributed by atoms with E-state index in [4.69, 9.17) is 5.11 Å². The molecule has 0 saturated carbocycles. The van der Waals surface area contributed by atoms with Gasteiger partial charge in [0, 0.05) is 42.1 Å². The van der Waals surface area contributed by atoms with Gasteiger partial charge < -0.3 is 24.5 Å². The van der Waals surface area contributed by atoms with Gasteiger partial charge in [0.1, 0.15) is 5.52 Å². The van der Waals surface area contributed by atoms with Gasteiger partial charge in [-0.05, 0) is 24.3 Å². The molecule has 4 aromatic rings. The molecule has 0 spiro atoms. The fourth-order valence-corrected chi connectivity index (χ4v) is 2.97. The van der Waals surface area contributed by atoms with E-state index in [1.807, 2.05) is 29.9 Å². The number of hydrogen-bond acceptors (Lipinski definition) is 7. The number of carboxylic acid groups (broad SMARTS) is 1. The average molecular weight is 411 g/mol. The second-order valence-corrected chi connectivity index (χ2v) is 6.32. The van der Waals surface area contributed by atoms with E-state index in [-0.39, 0.29) is 24.8 Å². The molecule has 30 heavy (non-hydrogen) atoms. The third-order valence-corrected chi connectivity index (χ3v) is 4.40. The summed E-state index contributed by atoms with van der Waals surface area (Å²) in [6.45, 7) is -0.137. The zero-order valence-electron chi connectivity index (χ0n) is 16.4. The smallest absolute Gasteiger partial charge is 0.335 e. The molecule has 10 nitrogen and oxygen atoms in total. The second kappa shape index (κ2) is 9.16. The van der Waals surface area contributed by atoms with Gasteiger partial charge >= 0.3 is 11.9 Å². The van der Waals surface area contributed by atoms with Gasteiger partial charge in [0.25, 0.3) is 0 Å². The van der Waals surface area contributed by atoms with Crippen molar-refractivity contribution in [2.45, 2.75) is 0 Å². The Labute approximate surface area is 171 Å². The number of aromatic carboxylic acids is 1. The highest BCUT2D eigenvalue weighted by Crippen LogP contribution is 2.31. The van der Waals surface area contributed by atoms with Crippen molar-refractivity contribution < 1.29 is 24.5 Å². The number of rotatable bonds is 5. The summed E-state index contributed by atoms with van der Waals surface area (Å²) in [6.07, 6.45) is 5.25. The van der Waals surface area contributed by atoms with Crippen molar-refractivity contribution in [3.8, 4) is 11.3 Å². The predicted molar refractivity (Wildman–Crippen MR) is 110 cm³/mol. The number of aromatic nitrogens is 4. The summed E-state index contributed by atoms with van der Waals surface area (Å²) in [5.74, 6) is -1.31. The summed E-state index contributed by atoms with van der Waals surface area (Å²) < 4.78 is 6.21. The number of fused-ring (bicyclic) bond motifs is 2. The number of carboxylic acids is 1. The van der Waals surface area contributed by atoms with Crippen molar-refractivity contribution in [3.05, 3.63) is 48.4 Å². The Morgan fingerprint density at radius 3 is 2.67 bits per heavy atom. The number of H-pyrrole nitrogens is 1. The Hall–Kier alpha value is -3.76. The first-order valence-corrected chi connectivity index (χ1v) is 8.95. The third kappa shape index (κ3) is 4.45. The first kappa shape index (κ1) is 21.0. The number of carbonyl (C=O) groups is 2. The van der Waals surface area contributed by atoms with Gasteiger partial charge in [-0.2, -0.15) is 0 Å². The summed E-state index contributed by atoms with van der Waals surface area (Å²) in [4.78, 5) is 33.1. The summed E-state index contributed by atoms with van der Waals surface area (Å²) >= 11 is 0. The van der Waals surface area contributed by atoms with Crippen LogP contribution in [0.15, 0.2) is 42.9 Å². The van der Waals surface area contributed by atoms with Gasteiger partial charge in [0.15, 0.2) is 5.65 Å². The van der Waals surface area contributed by atoms with Gasteiger partial charge in [-0.1, -0.05) is 0 Å². The van der Waals surface area contributed by atoms with Crippen LogP contribution in [0.5, 0.6) is 0 Å². The highest BCUT2D eigenvalue weighted by molar-refractivity contribution is 6.01. The van der Waals surface area contributed by atoms with E-state index in [2.05, 4.69) is 25.0 Å². The maximum Gasteiger partial charge on any atom is 0.335 e. The SMILES string of the molecule is COC(=O)CNCO.Cn1cc(-c2cc3nccnc3[nH]2)c2cc(C(=O)O)ccc21. The van der Waals surface area contributed by atoms with Crippen LogP contribution in [0.2, 0.25) is 0 Å². The van der Waals surface area contributed by atoms with Crippen LogP contribution < -0.4 is 5.32 Å². The quantitative estimate of drug-likeness (QED) is 0.286. The van der Waals surface area contributed by atoms with Crippen LogP contribution in [-0.4, -0.2) is 62.1 Å². The van der Waals surface area contributed by atoms with E-state index in [1.165, 1.54) is 7.11 Å². The average Bonchev–Trinajstić information content (AvgIpc) is 3.33. The van der Waals surface area contributed by atoms with Gasteiger partial charge in [0.2, 0.25) is 0 Å². The lowest BCUT2D eigenvalue weighted by molar-refractivity contribution is -0.139. The molecule has 10 heteroatoms. The highest BCUT2D eigenvalue weighted by atomic mass is 16.5. The highest BCUT2D eigenvalue weighted by Gasteiger charge is 2.14. The first-order chi connectivity index (χ1) is 14.4. The van der Waals surface area contributed by atoms with E-state index in [9.17, 15) is 14.7 Å². The molecular weight excluding hydrogens is 390 g/mol. The normalized spacial score (nSPS) is 10.6. The van der Waals surface area contributed by atoms with Crippen molar-refractivity contribution >= 4 is 34.0 Å². The maximum absolute atomic E-state index is 11.2. The molecule has 0 atom stereocenters. The Kier molecular flexibility index (Phi) is 6.40. The number of aryl methyl sites for hydroxylation is 1. The summed E-state index contributed by atoms with van der Waals surface area (Å²) in [5, 5.41) is 20.5. The summed E-state index contributed by atoms with van der Waals surface area (Å²) in [5.41, 5.74) is 4.54. The van der Waals surface area contributed by atoms with E-state index >= 15 is 0 Å². The number of esters is 1. The van der Waals surface area contributed by atoms with Crippen LogP contribution in [0.25, 0.3) is 33.3 Å². The Morgan fingerprint density at radius 1 is 1.23 bits per heavy atom. The summed E-state index contributed by atoms with van der Waals surface area (Å²) in [7, 11) is 3.23. The number of aliphatic hydroxyl groups is 1. The zero-order chi connectivity index (χ0) is 21.7. The van der Waals surface area contributed by atoms with Crippen molar-refractivity contribution in [1.29, 1.82) is 0 Å². The number of methoxy groups -OCH3 is 1. The maximum atomic E-state index is 11.2. The largest absolute Gasteiger partial charge is 0.478 e. The molecule has 0 bridgehead atoms. The van der Waals surface area contributed by atoms with Crippen molar-refractivity contribution in [1.82, 2.24) is 24.8 Å². The Balaban J connectivity index is 0.000000275. The number of nitrogens with zero attached hydrogens (tertiary/aromatic N) is 3. The van der Waals surface area contributed by atoms with Crippen LogP contribution in [0.3, 0.4) is 0 Å². The molecule has 0 radical (unpaired) electrons. The van der Waals surface area contributed by atoms with E-state index in [0.717, 1.165) is 27.7 Å². The second-order valence-electron chi connectivity index (χ2n) is 6.32.